The summed E-state index contributed by atoms with van der Waals surface area (Å²) in [6.07, 6.45) is -4.94. The van der Waals surface area contributed by atoms with Crippen LogP contribution in [0, 0.1) is 5.82 Å². The van der Waals surface area contributed by atoms with Crippen molar-refractivity contribution < 1.29 is 31.9 Å². The van der Waals surface area contributed by atoms with Gasteiger partial charge in [0.05, 0.1) is 0 Å². The van der Waals surface area contributed by atoms with Crippen LogP contribution in [-0.4, -0.2) is 42.3 Å². The number of nitrogens with zero attached hydrogens (tertiary/aromatic N) is 1. The SMILES string of the molecule is O=C(NCc1ccc(F)cc1)[C@H]1CCCN1C(=O)OCC(F)(F)F. The van der Waals surface area contributed by atoms with Crippen LogP contribution in [0.3, 0.4) is 0 Å². The maximum Gasteiger partial charge on any atom is 0.422 e. The standard InChI is InChI=1S/C15H16F4N2O3/c16-11-5-3-10(4-6-11)8-20-13(22)12-2-1-7-21(12)14(23)24-9-15(17,18)19/h3-6,12H,1-2,7-9H2,(H,20,22)/t12-/m1/s1. The first-order chi connectivity index (χ1) is 11.3. The lowest BCUT2D eigenvalue weighted by Gasteiger charge is -2.23. The van der Waals surface area contributed by atoms with E-state index < -0.39 is 36.6 Å². The Morgan fingerprint density at radius 1 is 1.25 bits per heavy atom. The number of hydrogen-bond acceptors (Lipinski definition) is 3. The second kappa shape index (κ2) is 7.50. The van der Waals surface area contributed by atoms with E-state index in [4.69, 9.17) is 0 Å². The molecular formula is C15H16F4N2O3. The Hall–Kier alpha value is -2.32. The molecule has 1 fully saturated rings. The van der Waals surface area contributed by atoms with Gasteiger partial charge in [0.1, 0.15) is 11.9 Å². The monoisotopic (exact) mass is 348 g/mol. The van der Waals surface area contributed by atoms with Gasteiger partial charge in [-0.2, -0.15) is 13.2 Å². The molecule has 132 valence electrons. The molecule has 1 aliphatic heterocycles. The van der Waals surface area contributed by atoms with Gasteiger partial charge >= 0.3 is 12.3 Å². The van der Waals surface area contributed by atoms with Crippen molar-refractivity contribution in [2.45, 2.75) is 31.6 Å². The fourth-order valence-electron chi connectivity index (χ4n) is 2.39. The maximum atomic E-state index is 12.8. The predicted octanol–water partition coefficient (Wildman–Crippen LogP) is 2.61. The van der Waals surface area contributed by atoms with Crippen LogP contribution < -0.4 is 5.32 Å². The first-order valence-electron chi connectivity index (χ1n) is 7.28. The molecule has 24 heavy (non-hydrogen) atoms. The summed E-state index contributed by atoms with van der Waals surface area (Å²) in [7, 11) is 0. The highest BCUT2D eigenvalue weighted by Gasteiger charge is 2.37. The molecule has 1 N–H and O–H groups in total. The van der Waals surface area contributed by atoms with Crippen molar-refractivity contribution in [2.24, 2.45) is 0 Å². The van der Waals surface area contributed by atoms with Gasteiger partial charge in [0.15, 0.2) is 6.61 Å². The lowest BCUT2D eigenvalue weighted by atomic mass is 10.2. The third-order valence-corrected chi connectivity index (χ3v) is 3.53. The Bertz CT molecular complexity index is 589. The number of alkyl halides is 3. The molecule has 0 radical (unpaired) electrons. The minimum Gasteiger partial charge on any atom is -0.440 e. The summed E-state index contributed by atoms with van der Waals surface area (Å²) in [6, 6.07) is 4.63. The average molecular weight is 348 g/mol. The topological polar surface area (TPSA) is 58.6 Å². The summed E-state index contributed by atoms with van der Waals surface area (Å²) in [5.74, 6) is -0.889. The number of halogens is 4. The zero-order valence-corrected chi connectivity index (χ0v) is 12.6. The molecule has 1 saturated heterocycles. The molecule has 0 aliphatic carbocycles. The fraction of sp³-hybridized carbons (Fsp3) is 0.467. The predicted molar refractivity (Wildman–Crippen MR) is 75.4 cm³/mol. The molecule has 9 heteroatoms. The summed E-state index contributed by atoms with van der Waals surface area (Å²) in [5, 5.41) is 2.58. The molecule has 2 rings (SSSR count). The van der Waals surface area contributed by atoms with Crippen molar-refractivity contribution in [1.82, 2.24) is 10.2 Å². The van der Waals surface area contributed by atoms with E-state index in [1.165, 1.54) is 24.3 Å². The normalized spacial score (nSPS) is 17.7. The lowest BCUT2D eigenvalue weighted by molar-refractivity contribution is -0.162. The van der Waals surface area contributed by atoms with Crippen LogP contribution in [0.2, 0.25) is 0 Å². The van der Waals surface area contributed by atoms with E-state index in [0.29, 0.717) is 18.4 Å². The number of benzene rings is 1. The third-order valence-electron chi connectivity index (χ3n) is 3.53. The van der Waals surface area contributed by atoms with Crippen LogP contribution in [0.15, 0.2) is 24.3 Å². The van der Waals surface area contributed by atoms with E-state index in [2.05, 4.69) is 10.1 Å². The van der Waals surface area contributed by atoms with Crippen molar-refractivity contribution in [3.63, 3.8) is 0 Å². The van der Waals surface area contributed by atoms with E-state index in [1.54, 1.807) is 0 Å². The smallest absolute Gasteiger partial charge is 0.422 e. The van der Waals surface area contributed by atoms with Crippen LogP contribution in [0.25, 0.3) is 0 Å². The summed E-state index contributed by atoms with van der Waals surface area (Å²) < 4.78 is 53.3. The zero-order valence-electron chi connectivity index (χ0n) is 12.6. The van der Waals surface area contributed by atoms with Crippen molar-refractivity contribution in [2.75, 3.05) is 13.2 Å². The summed E-state index contributed by atoms with van der Waals surface area (Å²) in [4.78, 5) is 24.8. The van der Waals surface area contributed by atoms with Crippen LogP contribution in [-0.2, 0) is 16.1 Å². The van der Waals surface area contributed by atoms with E-state index >= 15 is 0 Å². The van der Waals surface area contributed by atoms with E-state index in [0.717, 1.165) is 4.90 Å². The number of likely N-dealkylation sites (tertiary alicyclic amines) is 1. The first-order valence-corrected chi connectivity index (χ1v) is 7.28. The van der Waals surface area contributed by atoms with E-state index in [1.807, 2.05) is 0 Å². The molecule has 1 aromatic carbocycles. The highest BCUT2D eigenvalue weighted by atomic mass is 19.4. The number of nitrogens with one attached hydrogen (secondary N) is 1. The summed E-state index contributed by atoms with van der Waals surface area (Å²) in [5.41, 5.74) is 0.661. The number of ether oxygens (including phenoxy) is 1. The molecule has 0 saturated carbocycles. The molecule has 1 aliphatic rings. The number of amides is 2. The Labute approximate surface area is 135 Å². The van der Waals surface area contributed by atoms with Crippen LogP contribution >= 0.6 is 0 Å². The molecule has 0 bridgehead atoms. The molecular weight excluding hydrogens is 332 g/mol. The van der Waals surface area contributed by atoms with Crippen LogP contribution in [0.5, 0.6) is 0 Å². The van der Waals surface area contributed by atoms with Gasteiger partial charge in [-0.05, 0) is 30.5 Å². The first kappa shape index (κ1) is 18.0. The second-order valence-corrected chi connectivity index (χ2v) is 5.37. The molecule has 2 amide bonds. The van der Waals surface area contributed by atoms with Gasteiger partial charge in [-0.25, -0.2) is 9.18 Å². The minimum atomic E-state index is -4.62. The minimum absolute atomic E-state index is 0.126. The number of hydrogen-bond donors (Lipinski definition) is 1. The van der Waals surface area contributed by atoms with Gasteiger partial charge in [-0.1, -0.05) is 12.1 Å². The summed E-state index contributed by atoms with van der Waals surface area (Å²) in [6.45, 7) is -1.40. The number of carbonyl (C=O) groups excluding carboxylic acids is 2. The second-order valence-electron chi connectivity index (χ2n) is 5.37. The Balaban J connectivity index is 1.88. The lowest BCUT2D eigenvalue weighted by Crippen LogP contribution is -2.46. The van der Waals surface area contributed by atoms with Gasteiger partial charge in [-0.15, -0.1) is 0 Å². The Morgan fingerprint density at radius 3 is 2.54 bits per heavy atom. The largest absolute Gasteiger partial charge is 0.440 e. The van der Waals surface area contributed by atoms with E-state index in [-0.39, 0.29) is 13.1 Å². The van der Waals surface area contributed by atoms with Crippen LogP contribution in [0.1, 0.15) is 18.4 Å². The third kappa shape index (κ3) is 5.10. The molecule has 0 unspecified atom stereocenters. The Kier molecular flexibility index (Phi) is 5.63. The van der Waals surface area contributed by atoms with E-state index in [9.17, 15) is 27.2 Å². The maximum absolute atomic E-state index is 12.8. The van der Waals surface area contributed by atoms with Gasteiger partial charge in [0, 0.05) is 13.1 Å². The zero-order chi connectivity index (χ0) is 17.7. The van der Waals surface area contributed by atoms with Crippen molar-refractivity contribution >= 4 is 12.0 Å². The molecule has 1 aromatic rings. The van der Waals surface area contributed by atoms with Gasteiger partial charge < -0.3 is 10.1 Å². The molecule has 1 atom stereocenters. The molecule has 1 heterocycles. The summed E-state index contributed by atoms with van der Waals surface area (Å²) >= 11 is 0. The number of carbonyl (C=O) groups is 2. The fourth-order valence-corrected chi connectivity index (χ4v) is 2.39. The Morgan fingerprint density at radius 2 is 1.92 bits per heavy atom. The van der Waals surface area contributed by atoms with Crippen molar-refractivity contribution in [3.05, 3.63) is 35.6 Å². The van der Waals surface area contributed by atoms with Crippen molar-refractivity contribution in [1.29, 1.82) is 0 Å². The number of rotatable bonds is 4. The molecule has 0 aromatic heterocycles. The van der Waals surface area contributed by atoms with Gasteiger partial charge in [0.2, 0.25) is 5.91 Å². The average Bonchev–Trinajstić information content (AvgIpc) is 3.01. The van der Waals surface area contributed by atoms with Crippen LogP contribution in [0.4, 0.5) is 22.4 Å². The highest BCUT2D eigenvalue weighted by Crippen LogP contribution is 2.21. The molecule has 0 spiro atoms. The highest BCUT2D eigenvalue weighted by molar-refractivity contribution is 5.86. The van der Waals surface area contributed by atoms with Gasteiger partial charge in [0.25, 0.3) is 0 Å². The quantitative estimate of drug-likeness (QED) is 0.851. The molecule has 5 nitrogen and oxygen atoms in total. The van der Waals surface area contributed by atoms with Crippen molar-refractivity contribution in [3.8, 4) is 0 Å². The van der Waals surface area contributed by atoms with Gasteiger partial charge in [-0.3, -0.25) is 9.69 Å².